The van der Waals surface area contributed by atoms with E-state index < -0.39 is 24.1 Å². The van der Waals surface area contributed by atoms with Crippen molar-refractivity contribution in [3.05, 3.63) is 71.6 Å². The fourth-order valence-electron chi connectivity index (χ4n) is 3.07. The number of benzene rings is 1. The molecule has 0 saturated heterocycles. The first-order valence-corrected chi connectivity index (χ1v) is 9.82. The number of hydrogen-bond acceptors (Lipinski definition) is 6. The molecule has 1 aliphatic carbocycles. The van der Waals surface area contributed by atoms with Crippen LogP contribution in [0.5, 0.6) is 11.5 Å². The second-order valence-electron chi connectivity index (χ2n) is 6.92. The maximum Gasteiger partial charge on any atom is 0.468 e. The van der Waals surface area contributed by atoms with Gasteiger partial charge >= 0.3 is 12.5 Å². The Hall–Kier alpha value is -4.00. The minimum Gasteiger partial charge on any atom is -0.447 e. The van der Waals surface area contributed by atoms with Crippen molar-refractivity contribution in [2.75, 3.05) is 12.9 Å². The summed E-state index contributed by atoms with van der Waals surface area (Å²) in [4.78, 5) is 8.05. The van der Waals surface area contributed by atoms with Crippen LogP contribution in [-0.2, 0) is 0 Å². The molecule has 0 saturated carbocycles. The number of ether oxygens (including phenoxy) is 2. The number of pyridine rings is 1. The molecule has 5 N–H and O–H groups in total. The SMILES string of the molecule is CF.NNC(=NC1=CC=CCC(F)=C1F)c1cc(-c2ccc3c(c2)OC(F)(F)C(F)O3)cnc1N. The number of alkyl halides is 4. The minimum absolute atomic E-state index is 0.0468. The van der Waals surface area contributed by atoms with Crippen LogP contribution in [0.15, 0.2) is 71.0 Å². The van der Waals surface area contributed by atoms with Crippen LogP contribution in [0.2, 0.25) is 0 Å². The van der Waals surface area contributed by atoms with E-state index in [1.165, 1.54) is 48.7 Å². The highest BCUT2D eigenvalue weighted by molar-refractivity contribution is 6.03. The normalized spacial score (nSPS) is 18.8. The fraction of sp³-hybridized carbons (Fsp3) is 0.182. The summed E-state index contributed by atoms with van der Waals surface area (Å²) < 4.78 is 86.9. The lowest BCUT2D eigenvalue weighted by atomic mass is 10.0. The Morgan fingerprint density at radius 1 is 1.17 bits per heavy atom. The van der Waals surface area contributed by atoms with Crippen LogP contribution < -0.4 is 26.5 Å². The fourth-order valence-corrected chi connectivity index (χ4v) is 3.07. The summed E-state index contributed by atoms with van der Waals surface area (Å²) in [5.41, 5.74) is 8.68. The highest BCUT2D eigenvalue weighted by atomic mass is 19.3. The standard InChI is InChI=1S/C21H16F5N5O2.CH3F/c22-13-3-1-2-4-14(17(13)23)30-19(31-28)12-7-11(9-29-18(12)27)10-5-6-15-16(8-10)33-21(25,26)20(24)32-15;1-2/h1-2,4-9,20H,3,28H2,(H2,27,29)(H,30,31);1H3. The number of halogens is 6. The molecule has 0 spiro atoms. The Kier molecular flexibility index (Phi) is 7.69. The number of nitrogens with one attached hydrogen (secondary N) is 1. The molecule has 7 nitrogen and oxygen atoms in total. The molecule has 0 bridgehead atoms. The van der Waals surface area contributed by atoms with Crippen LogP contribution in [0.4, 0.5) is 32.2 Å². The number of fused-ring (bicyclic) bond motifs is 1. The van der Waals surface area contributed by atoms with Crippen molar-refractivity contribution >= 4 is 11.7 Å². The summed E-state index contributed by atoms with van der Waals surface area (Å²) in [5, 5.41) is 0. The van der Waals surface area contributed by atoms with E-state index in [9.17, 15) is 26.3 Å². The van der Waals surface area contributed by atoms with E-state index in [4.69, 9.17) is 11.6 Å². The number of nitrogens with two attached hydrogens (primary N) is 2. The van der Waals surface area contributed by atoms with Crippen LogP contribution in [0.3, 0.4) is 0 Å². The van der Waals surface area contributed by atoms with Gasteiger partial charge in [-0.25, -0.2) is 24.6 Å². The lowest BCUT2D eigenvalue weighted by Crippen LogP contribution is -2.43. The molecule has 4 rings (SSSR count). The van der Waals surface area contributed by atoms with Crippen molar-refractivity contribution in [3.63, 3.8) is 0 Å². The van der Waals surface area contributed by atoms with Gasteiger partial charge in [0.05, 0.1) is 12.7 Å². The van der Waals surface area contributed by atoms with Gasteiger partial charge in [0.25, 0.3) is 0 Å². The summed E-state index contributed by atoms with van der Waals surface area (Å²) in [7, 11) is 0.500. The predicted octanol–water partition coefficient (Wildman–Crippen LogP) is 4.78. The Morgan fingerprint density at radius 3 is 2.63 bits per heavy atom. The molecule has 1 unspecified atom stereocenters. The van der Waals surface area contributed by atoms with Gasteiger partial charge in [0, 0.05) is 18.2 Å². The molecular weight excluding hydrogens is 480 g/mol. The third kappa shape index (κ3) is 5.40. The first kappa shape index (κ1) is 25.6. The quantitative estimate of drug-likeness (QED) is 0.185. The zero-order valence-corrected chi connectivity index (χ0v) is 18.0. The van der Waals surface area contributed by atoms with Crippen molar-refractivity contribution in [2.24, 2.45) is 10.8 Å². The summed E-state index contributed by atoms with van der Waals surface area (Å²) in [5.74, 6) is 2.62. The van der Waals surface area contributed by atoms with Gasteiger partial charge in [0.15, 0.2) is 23.2 Å². The molecule has 1 aromatic heterocycles. The third-order valence-electron chi connectivity index (χ3n) is 4.71. The van der Waals surface area contributed by atoms with Gasteiger partial charge in [0.2, 0.25) is 0 Å². The number of aliphatic imine (C=N–C) groups is 1. The Balaban J connectivity index is 0.00000167. The lowest BCUT2D eigenvalue weighted by Gasteiger charge is -2.28. The Labute approximate surface area is 195 Å². The lowest BCUT2D eigenvalue weighted by molar-refractivity contribution is -0.281. The van der Waals surface area contributed by atoms with Crippen molar-refractivity contribution in [1.29, 1.82) is 0 Å². The Bertz CT molecular complexity index is 1230. The van der Waals surface area contributed by atoms with Gasteiger partial charge in [-0.2, -0.15) is 13.2 Å². The number of amidine groups is 1. The van der Waals surface area contributed by atoms with Gasteiger partial charge in [-0.15, -0.1) is 0 Å². The maximum atomic E-state index is 14.3. The summed E-state index contributed by atoms with van der Waals surface area (Å²) in [6.45, 7) is 0. The summed E-state index contributed by atoms with van der Waals surface area (Å²) in [6, 6.07) is 5.37. The zero-order chi connectivity index (χ0) is 25.8. The topological polar surface area (TPSA) is 108 Å². The largest absolute Gasteiger partial charge is 0.468 e. The molecule has 186 valence electrons. The summed E-state index contributed by atoms with van der Waals surface area (Å²) in [6.07, 6.45) is -1.88. The number of nitrogens with zero attached hydrogens (tertiary/aromatic N) is 2. The van der Waals surface area contributed by atoms with Crippen molar-refractivity contribution in [1.82, 2.24) is 10.4 Å². The van der Waals surface area contributed by atoms with Gasteiger partial charge in [0.1, 0.15) is 17.3 Å². The molecule has 2 aromatic rings. The van der Waals surface area contributed by atoms with Crippen LogP contribution in [0.25, 0.3) is 11.1 Å². The second kappa shape index (κ2) is 10.5. The number of nitrogen functional groups attached to an aromatic ring is 1. The first-order valence-electron chi connectivity index (χ1n) is 9.82. The molecule has 13 heteroatoms. The molecule has 0 fully saturated rings. The summed E-state index contributed by atoms with van der Waals surface area (Å²) >= 11 is 0. The number of anilines is 1. The second-order valence-corrected chi connectivity index (χ2v) is 6.92. The van der Waals surface area contributed by atoms with Crippen LogP contribution in [0, 0.1) is 0 Å². The third-order valence-corrected chi connectivity index (χ3v) is 4.71. The van der Waals surface area contributed by atoms with Gasteiger partial charge in [-0.3, -0.25) is 4.39 Å². The van der Waals surface area contributed by atoms with E-state index in [0.717, 1.165) is 0 Å². The van der Waals surface area contributed by atoms with Crippen molar-refractivity contribution in [3.8, 4) is 22.6 Å². The van der Waals surface area contributed by atoms with Gasteiger partial charge < -0.3 is 20.6 Å². The molecule has 1 aliphatic heterocycles. The smallest absolute Gasteiger partial charge is 0.447 e. The number of rotatable bonds is 3. The van der Waals surface area contributed by atoms with E-state index >= 15 is 0 Å². The molecule has 0 radical (unpaired) electrons. The monoisotopic (exact) mass is 499 g/mol. The molecule has 0 amide bonds. The van der Waals surface area contributed by atoms with Crippen molar-refractivity contribution in [2.45, 2.75) is 18.9 Å². The first-order chi connectivity index (χ1) is 16.7. The van der Waals surface area contributed by atoms with E-state index in [0.29, 0.717) is 18.3 Å². The van der Waals surface area contributed by atoms with E-state index in [1.54, 1.807) is 0 Å². The number of hydrazine groups is 1. The van der Waals surface area contributed by atoms with Crippen LogP contribution in [0.1, 0.15) is 12.0 Å². The average Bonchev–Trinajstić information content (AvgIpc) is 3.00. The van der Waals surface area contributed by atoms with Gasteiger partial charge in [-0.05, 0) is 29.8 Å². The van der Waals surface area contributed by atoms with Crippen LogP contribution >= 0.6 is 0 Å². The predicted molar refractivity (Wildman–Crippen MR) is 117 cm³/mol. The average molecular weight is 499 g/mol. The van der Waals surface area contributed by atoms with Crippen LogP contribution in [-0.4, -0.2) is 30.5 Å². The Morgan fingerprint density at radius 2 is 1.91 bits per heavy atom. The molecule has 2 aliphatic rings. The molecular formula is C22H19F6N5O2. The number of hydrogen-bond donors (Lipinski definition) is 3. The van der Waals surface area contributed by atoms with E-state index in [-0.39, 0.29) is 40.8 Å². The molecule has 35 heavy (non-hydrogen) atoms. The number of aromatic nitrogens is 1. The molecule has 2 heterocycles. The maximum absolute atomic E-state index is 14.3. The van der Waals surface area contributed by atoms with Crippen molar-refractivity contribution < 1.29 is 35.8 Å². The molecule has 1 atom stereocenters. The number of allylic oxidation sites excluding steroid dienone is 5. The van der Waals surface area contributed by atoms with E-state index in [2.05, 4.69) is 24.9 Å². The molecule has 1 aromatic carbocycles. The minimum atomic E-state index is -4.16. The highest BCUT2D eigenvalue weighted by Gasteiger charge is 2.49. The highest BCUT2D eigenvalue weighted by Crippen LogP contribution is 2.42. The van der Waals surface area contributed by atoms with Gasteiger partial charge in [-0.1, -0.05) is 18.2 Å². The van der Waals surface area contributed by atoms with E-state index in [1.807, 2.05) is 0 Å². The zero-order valence-electron chi connectivity index (χ0n) is 18.0.